The Morgan fingerprint density at radius 3 is 2.48 bits per heavy atom. The summed E-state index contributed by atoms with van der Waals surface area (Å²) in [5.74, 6) is 0.482. The molecule has 0 spiro atoms. The lowest BCUT2D eigenvalue weighted by atomic mass is 9.90. The van der Waals surface area contributed by atoms with E-state index in [1.807, 2.05) is 0 Å². The molecule has 3 rings (SSSR count). The minimum atomic E-state index is -3.52. The lowest BCUT2D eigenvalue weighted by Crippen LogP contribution is -2.18. The van der Waals surface area contributed by atoms with Gasteiger partial charge in [0, 0.05) is 5.69 Å². The number of anilines is 3. The van der Waals surface area contributed by atoms with E-state index < -0.39 is 10.0 Å². The fourth-order valence-electron chi connectivity index (χ4n) is 3.21. The Kier molecular flexibility index (Phi) is 6.60. The number of hydrogen-bond donors (Lipinski definition) is 3. The first-order chi connectivity index (χ1) is 13.9. The molecule has 1 heterocycles. The number of nitrogens with one attached hydrogen (secondary N) is 2. The number of hydrogen-bond acceptors (Lipinski definition) is 9. The van der Waals surface area contributed by atoms with Gasteiger partial charge in [-0.3, -0.25) is 0 Å². The number of nitroso groups, excluding NO2 is 1. The van der Waals surface area contributed by atoms with Gasteiger partial charge >= 0.3 is 0 Å². The molecule has 0 bridgehead atoms. The van der Waals surface area contributed by atoms with Crippen LogP contribution in [0.1, 0.15) is 32.1 Å². The van der Waals surface area contributed by atoms with Crippen LogP contribution in [0.25, 0.3) is 0 Å². The minimum Gasteiger partial charge on any atom is -0.476 e. The molecule has 1 aromatic heterocycles. The molecule has 0 atom stereocenters. The number of nitrogens with two attached hydrogens (primary N) is 1. The van der Waals surface area contributed by atoms with Gasteiger partial charge in [0.15, 0.2) is 5.82 Å². The molecule has 29 heavy (non-hydrogen) atoms. The summed E-state index contributed by atoms with van der Waals surface area (Å²) in [5.41, 5.74) is 6.26. The summed E-state index contributed by atoms with van der Waals surface area (Å²) in [4.78, 5) is 19.5. The summed E-state index contributed by atoms with van der Waals surface area (Å²) in [6.07, 6.45) is 5.74. The summed E-state index contributed by atoms with van der Waals surface area (Å²) >= 11 is 0. The number of benzene rings is 1. The van der Waals surface area contributed by atoms with Gasteiger partial charge in [-0.05, 0) is 55.2 Å². The monoisotopic (exact) mass is 420 g/mol. The van der Waals surface area contributed by atoms with Crippen LogP contribution in [0.5, 0.6) is 5.88 Å². The van der Waals surface area contributed by atoms with Crippen LogP contribution in [0.4, 0.5) is 23.1 Å². The fraction of sp³-hybridized carbons (Fsp3) is 0.444. The van der Waals surface area contributed by atoms with Gasteiger partial charge in [-0.1, -0.05) is 19.3 Å². The van der Waals surface area contributed by atoms with Crippen LogP contribution >= 0.6 is 0 Å². The van der Waals surface area contributed by atoms with Crippen molar-refractivity contribution in [1.29, 1.82) is 0 Å². The van der Waals surface area contributed by atoms with Crippen LogP contribution in [0.2, 0.25) is 0 Å². The molecular formula is C18H24N6O4S. The largest absolute Gasteiger partial charge is 0.476 e. The van der Waals surface area contributed by atoms with Crippen LogP contribution in [0.15, 0.2) is 34.3 Å². The van der Waals surface area contributed by atoms with E-state index in [0.717, 1.165) is 12.8 Å². The van der Waals surface area contributed by atoms with E-state index >= 15 is 0 Å². The highest BCUT2D eigenvalue weighted by Crippen LogP contribution is 2.33. The molecule has 1 aromatic carbocycles. The second kappa shape index (κ2) is 9.14. The number of sulfonamides is 1. The van der Waals surface area contributed by atoms with Gasteiger partial charge in [0.1, 0.15) is 0 Å². The Bertz CT molecular complexity index is 959. The predicted octanol–water partition coefficient (Wildman–Crippen LogP) is 3.07. The highest BCUT2D eigenvalue weighted by Gasteiger charge is 2.19. The van der Waals surface area contributed by atoms with E-state index in [1.165, 1.54) is 38.4 Å². The van der Waals surface area contributed by atoms with Crippen molar-refractivity contribution in [3.63, 3.8) is 0 Å². The fourth-order valence-corrected chi connectivity index (χ4v) is 3.94. The molecule has 1 aliphatic rings. The molecule has 0 saturated heterocycles. The number of nitrogens with zero attached hydrogens (tertiary/aromatic N) is 3. The van der Waals surface area contributed by atoms with Gasteiger partial charge in [-0.15, -0.1) is 4.91 Å². The van der Waals surface area contributed by atoms with Gasteiger partial charge in [0.2, 0.25) is 21.7 Å². The lowest BCUT2D eigenvalue weighted by molar-refractivity contribution is 0.203. The Balaban J connectivity index is 1.77. The Morgan fingerprint density at radius 1 is 1.17 bits per heavy atom. The molecule has 1 fully saturated rings. The van der Waals surface area contributed by atoms with Crippen LogP contribution in [0.3, 0.4) is 0 Å². The number of ether oxygens (including phenoxy) is 1. The van der Waals surface area contributed by atoms with Gasteiger partial charge in [0.05, 0.1) is 11.5 Å². The quantitative estimate of drug-likeness (QED) is 0.552. The molecule has 10 nitrogen and oxygen atoms in total. The smallest absolute Gasteiger partial charge is 0.250 e. The molecular weight excluding hydrogens is 396 g/mol. The summed E-state index contributed by atoms with van der Waals surface area (Å²) in [6.45, 7) is 0.439. The van der Waals surface area contributed by atoms with Gasteiger partial charge in [-0.2, -0.15) is 9.97 Å². The normalized spacial score (nSPS) is 15.1. The number of rotatable bonds is 8. The third kappa shape index (κ3) is 5.18. The third-order valence-electron chi connectivity index (χ3n) is 4.84. The van der Waals surface area contributed by atoms with Crippen LogP contribution in [-0.2, 0) is 10.0 Å². The van der Waals surface area contributed by atoms with Crippen molar-refractivity contribution in [2.75, 3.05) is 24.7 Å². The maximum Gasteiger partial charge on any atom is 0.250 e. The van der Waals surface area contributed by atoms with Gasteiger partial charge in [-0.25, -0.2) is 13.1 Å². The Labute approximate surface area is 169 Å². The van der Waals surface area contributed by atoms with Crippen LogP contribution in [0, 0.1) is 10.8 Å². The summed E-state index contributed by atoms with van der Waals surface area (Å²) in [6, 6.07) is 6.02. The van der Waals surface area contributed by atoms with E-state index in [4.69, 9.17) is 10.5 Å². The standard InChI is InChI=1S/C18H24N6O4S/c1-20-29(26,27)14-9-7-13(8-10-14)21-18-22-16(19)15(24-25)17(23-18)28-11-12-5-3-2-4-6-12/h7-10,12,20H,2-6,11H2,1H3,(H3,19,21,22,23). The second-order valence-corrected chi connectivity index (χ2v) is 8.74. The summed E-state index contributed by atoms with van der Waals surface area (Å²) in [7, 11) is -2.18. The minimum absolute atomic E-state index is 0.0370. The van der Waals surface area contributed by atoms with Crippen molar-refractivity contribution in [2.24, 2.45) is 11.1 Å². The van der Waals surface area contributed by atoms with Crippen molar-refractivity contribution in [2.45, 2.75) is 37.0 Å². The topological polar surface area (TPSA) is 149 Å². The first kappa shape index (κ1) is 20.9. The molecule has 0 radical (unpaired) electrons. The third-order valence-corrected chi connectivity index (χ3v) is 6.27. The molecule has 1 aliphatic carbocycles. The summed E-state index contributed by atoms with van der Waals surface area (Å²) < 4.78 is 31.6. The molecule has 4 N–H and O–H groups in total. The van der Waals surface area contributed by atoms with Gasteiger partial charge < -0.3 is 15.8 Å². The van der Waals surface area contributed by atoms with Crippen molar-refractivity contribution >= 4 is 33.2 Å². The first-order valence-electron chi connectivity index (χ1n) is 9.37. The molecule has 0 amide bonds. The predicted molar refractivity (Wildman–Crippen MR) is 110 cm³/mol. The maximum atomic E-state index is 11.8. The lowest BCUT2D eigenvalue weighted by Gasteiger charge is -2.21. The highest BCUT2D eigenvalue weighted by molar-refractivity contribution is 7.89. The van der Waals surface area contributed by atoms with E-state index in [9.17, 15) is 13.3 Å². The highest BCUT2D eigenvalue weighted by atomic mass is 32.2. The van der Waals surface area contributed by atoms with Crippen molar-refractivity contribution in [3.05, 3.63) is 29.2 Å². The van der Waals surface area contributed by atoms with Crippen molar-refractivity contribution in [3.8, 4) is 5.88 Å². The molecule has 0 unspecified atom stereocenters. The molecule has 2 aromatic rings. The SMILES string of the molecule is CNS(=O)(=O)c1ccc(Nc2nc(N)c(N=O)c(OCC3CCCCC3)n2)cc1. The zero-order valence-corrected chi connectivity index (χ0v) is 16.9. The zero-order valence-electron chi connectivity index (χ0n) is 16.1. The van der Waals surface area contributed by atoms with Crippen molar-refractivity contribution in [1.82, 2.24) is 14.7 Å². The van der Waals surface area contributed by atoms with E-state index in [2.05, 4.69) is 25.2 Å². The Hall–Kier alpha value is -2.79. The molecule has 1 saturated carbocycles. The number of aromatic nitrogens is 2. The van der Waals surface area contributed by atoms with E-state index in [0.29, 0.717) is 18.2 Å². The summed E-state index contributed by atoms with van der Waals surface area (Å²) in [5, 5.41) is 5.83. The van der Waals surface area contributed by atoms with Crippen LogP contribution < -0.4 is 20.5 Å². The van der Waals surface area contributed by atoms with E-state index in [-0.39, 0.29) is 28.2 Å². The first-order valence-corrected chi connectivity index (χ1v) is 10.9. The maximum absolute atomic E-state index is 11.8. The molecule has 156 valence electrons. The van der Waals surface area contributed by atoms with Crippen molar-refractivity contribution < 1.29 is 13.2 Å². The average molecular weight is 420 g/mol. The zero-order chi connectivity index (χ0) is 20.9. The number of nitrogen functional groups attached to an aromatic ring is 1. The Morgan fingerprint density at radius 2 is 1.86 bits per heavy atom. The average Bonchev–Trinajstić information content (AvgIpc) is 2.73. The van der Waals surface area contributed by atoms with Gasteiger partial charge in [0.25, 0.3) is 5.88 Å². The molecule has 0 aliphatic heterocycles. The van der Waals surface area contributed by atoms with Crippen LogP contribution in [-0.4, -0.2) is 32.0 Å². The van der Waals surface area contributed by atoms with E-state index in [1.54, 1.807) is 12.1 Å². The molecule has 11 heteroatoms. The second-order valence-electron chi connectivity index (χ2n) is 6.85.